The van der Waals surface area contributed by atoms with Crippen LogP contribution in [0.3, 0.4) is 0 Å². The highest BCUT2D eigenvalue weighted by atomic mass is 19.4. The van der Waals surface area contributed by atoms with E-state index >= 15 is 0 Å². The first-order chi connectivity index (χ1) is 14.1. The third-order valence-corrected chi connectivity index (χ3v) is 5.26. The zero-order valence-electron chi connectivity index (χ0n) is 16.3. The molecule has 1 aromatic heterocycles. The maximum absolute atomic E-state index is 12.5. The van der Waals surface area contributed by atoms with E-state index in [1.165, 1.54) is 6.07 Å². The lowest BCUT2D eigenvalue weighted by molar-refractivity contribution is -0.173. The molecule has 0 radical (unpaired) electrons. The van der Waals surface area contributed by atoms with Crippen LogP contribution in [0, 0.1) is 5.92 Å². The summed E-state index contributed by atoms with van der Waals surface area (Å²) in [5, 5.41) is 12.6. The molecule has 7 nitrogen and oxygen atoms in total. The molecule has 2 heterocycles. The van der Waals surface area contributed by atoms with Crippen molar-refractivity contribution in [3.63, 3.8) is 0 Å². The summed E-state index contributed by atoms with van der Waals surface area (Å²) in [6.07, 6.45) is -4.49. The summed E-state index contributed by atoms with van der Waals surface area (Å²) >= 11 is 0. The van der Waals surface area contributed by atoms with Gasteiger partial charge in [-0.25, -0.2) is 4.79 Å². The summed E-state index contributed by atoms with van der Waals surface area (Å²) in [4.78, 5) is 40.2. The Hall–Kier alpha value is -2.88. The van der Waals surface area contributed by atoms with Gasteiger partial charge in [-0.3, -0.25) is 14.5 Å². The molecule has 1 amide bonds. The number of aromatic carboxylic acids is 1. The zero-order chi connectivity index (χ0) is 22.1. The number of rotatable bonds is 7. The molecule has 1 aliphatic rings. The van der Waals surface area contributed by atoms with E-state index in [4.69, 9.17) is 0 Å². The molecule has 162 valence electrons. The lowest BCUT2D eigenvalue weighted by atomic mass is 10.0. The lowest BCUT2D eigenvalue weighted by Gasteiger charge is -2.26. The molecule has 0 bridgehead atoms. The largest absolute Gasteiger partial charge is 0.478 e. The summed E-state index contributed by atoms with van der Waals surface area (Å²) in [6, 6.07) is 5.07. The molecule has 0 fully saturated rings. The Balaban J connectivity index is 1.57. The summed E-state index contributed by atoms with van der Waals surface area (Å²) in [5.74, 6) is -3.90. The minimum atomic E-state index is -4.44. The van der Waals surface area contributed by atoms with E-state index in [1.54, 1.807) is 6.07 Å². The van der Waals surface area contributed by atoms with Crippen molar-refractivity contribution in [3.05, 3.63) is 35.0 Å². The average molecular weight is 425 g/mol. The number of benzene rings is 1. The third-order valence-electron chi connectivity index (χ3n) is 5.26. The molecular weight excluding hydrogens is 403 g/mol. The number of carbonyl (C=O) groups is 3. The van der Waals surface area contributed by atoms with Gasteiger partial charge in [0.05, 0.1) is 30.1 Å². The molecule has 3 N–H and O–H groups in total. The average Bonchev–Trinajstić information content (AvgIpc) is 3.03. The Morgan fingerprint density at radius 1 is 1.30 bits per heavy atom. The molecular formula is C20H22F3N3O4. The number of amides is 1. The van der Waals surface area contributed by atoms with Crippen LogP contribution < -0.4 is 5.32 Å². The number of nitrogens with zero attached hydrogens (tertiary/aromatic N) is 1. The summed E-state index contributed by atoms with van der Waals surface area (Å²) in [7, 11) is 0. The number of hydrogen-bond donors (Lipinski definition) is 3. The molecule has 0 saturated heterocycles. The second-order valence-electron chi connectivity index (χ2n) is 7.54. The maximum atomic E-state index is 12.5. The van der Waals surface area contributed by atoms with Crippen LogP contribution in [0.2, 0.25) is 0 Å². The van der Waals surface area contributed by atoms with Gasteiger partial charge in [0, 0.05) is 30.6 Å². The molecule has 1 atom stereocenters. The number of halogens is 3. The van der Waals surface area contributed by atoms with E-state index in [0.29, 0.717) is 25.0 Å². The molecule has 3 rings (SSSR count). The van der Waals surface area contributed by atoms with Gasteiger partial charge in [0.25, 0.3) is 0 Å². The number of carboxylic acid groups (broad SMARTS) is 1. The van der Waals surface area contributed by atoms with E-state index in [-0.39, 0.29) is 12.1 Å². The number of fused-ring (bicyclic) bond motifs is 3. The van der Waals surface area contributed by atoms with Crippen molar-refractivity contribution in [1.29, 1.82) is 0 Å². The van der Waals surface area contributed by atoms with Gasteiger partial charge >= 0.3 is 12.1 Å². The molecule has 1 aliphatic heterocycles. The first kappa shape index (κ1) is 21.8. The number of aromatic amines is 1. The Labute approximate surface area is 170 Å². The van der Waals surface area contributed by atoms with Crippen LogP contribution in [-0.4, -0.2) is 58.5 Å². The number of alkyl halides is 3. The van der Waals surface area contributed by atoms with E-state index < -0.39 is 42.7 Å². The lowest BCUT2D eigenvalue weighted by Crippen LogP contribution is -2.41. The van der Waals surface area contributed by atoms with E-state index in [2.05, 4.69) is 10.3 Å². The first-order valence-electron chi connectivity index (χ1n) is 9.49. The monoisotopic (exact) mass is 425 g/mol. The second kappa shape index (κ2) is 8.47. The standard InChI is InChI=1S/C20H22F3N3O4/c1-11(20(21,22)23)7-12(27)8-24-17(28)10-26-6-5-13-14-3-2-4-15(19(29)30)18(14)25-16(13)9-26/h2-4,11,25H,5-10H2,1H3,(H,24,28)(H,29,30). The van der Waals surface area contributed by atoms with E-state index in [1.807, 2.05) is 11.0 Å². The van der Waals surface area contributed by atoms with Gasteiger partial charge < -0.3 is 15.4 Å². The molecule has 1 aromatic carbocycles. The number of hydrogen-bond acceptors (Lipinski definition) is 4. The van der Waals surface area contributed by atoms with Gasteiger partial charge in [-0.05, 0) is 18.1 Å². The topological polar surface area (TPSA) is 103 Å². The van der Waals surface area contributed by atoms with Crippen LogP contribution in [0.15, 0.2) is 18.2 Å². The van der Waals surface area contributed by atoms with Crippen LogP contribution in [0.5, 0.6) is 0 Å². The summed E-state index contributed by atoms with van der Waals surface area (Å²) in [5.41, 5.74) is 2.57. The number of para-hydroxylation sites is 1. The highest BCUT2D eigenvalue weighted by Crippen LogP contribution is 2.30. The minimum absolute atomic E-state index is 0.0112. The minimum Gasteiger partial charge on any atom is -0.478 e. The zero-order valence-corrected chi connectivity index (χ0v) is 16.3. The van der Waals surface area contributed by atoms with Crippen molar-refractivity contribution in [2.24, 2.45) is 5.92 Å². The highest BCUT2D eigenvalue weighted by molar-refractivity contribution is 6.03. The van der Waals surface area contributed by atoms with E-state index in [0.717, 1.165) is 23.6 Å². The fraction of sp³-hybridized carbons (Fsp3) is 0.450. The van der Waals surface area contributed by atoms with Gasteiger partial charge in [-0.15, -0.1) is 0 Å². The van der Waals surface area contributed by atoms with Crippen molar-refractivity contribution in [3.8, 4) is 0 Å². The van der Waals surface area contributed by atoms with Crippen LogP contribution >= 0.6 is 0 Å². The Morgan fingerprint density at radius 3 is 2.70 bits per heavy atom. The smallest absolute Gasteiger partial charge is 0.391 e. The highest BCUT2D eigenvalue weighted by Gasteiger charge is 2.37. The fourth-order valence-corrected chi connectivity index (χ4v) is 3.62. The summed E-state index contributed by atoms with van der Waals surface area (Å²) in [6.45, 7) is 1.44. The number of nitrogens with one attached hydrogen (secondary N) is 2. The number of carbonyl (C=O) groups excluding carboxylic acids is 2. The van der Waals surface area contributed by atoms with E-state index in [9.17, 15) is 32.7 Å². The third kappa shape index (κ3) is 4.81. The fourth-order valence-electron chi connectivity index (χ4n) is 3.62. The molecule has 0 spiro atoms. The normalized spacial score (nSPS) is 15.6. The molecule has 30 heavy (non-hydrogen) atoms. The molecule has 0 saturated carbocycles. The number of ketones is 1. The SMILES string of the molecule is CC(CC(=O)CNC(=O)CN1CCc2c([nH]c3c(C(=O)O)cccc23)C1)C(F)(F)F. The summed E-state index contributed by atoms with van der Waals surface area (Å²) < 4.78 is 37.5. The van der Waals surface area contributed by atoms with Crippen LogP contribution in [-0.2, 0) is 22.6 Å². The van der Waals surface area contributed by atoms with Crippen molar-refractivity contribution >= 4 is 28.6 Å². The molecule has 10 heteroatoms. The van der Waals surface area contributed by atoms with Gasteiger partial charge in [0.1, 0.15) is 0 Å². The van der Waals surface area contributed by atoms with Crippen molar-refractivity contribution < 1.29 is 32.7 Å². The van der Waals surface area contributed by atoms with Crippen molar-refractivity contribution in [2.75, 3.05) is 19.6 Å². The first-order valence-corrected chi connectivity index (χ1v) is 9.49. The predicted molar refractivity (Wildman–Crippen MR) is 102 cm³/mol. The predicted octanol–water partition coefficient (Wildman–Crippen LogP) is 2.50. The maximum Gasteiger partial charge on any atom is 0.391 e. The van der Waals surface area contributed by atoms with Crippen molar-refractivity contribution in [1.82, 2.24) is 15.2 Å². The second-order valence-corrected chi connectivity index (χ2v) is 7.54. The number of Topliss-reactive ketones (excluding diaryl/α,β-unsaturated/α-hetero) is 1. The van der Waals surface area contributed by atoms with Gasteiger partial charge in [-0.1, -0.05) is 19.1 Å². The molecule has 1 unspecified atom stereocenters. The number of aromatic nitrogens is 1. The molecule has 2 aromatic rings. The number of carboxylic acids is 1. The molecule has 0 aliphatic carbocycles. The quantitative estimate of drug-likeness (QED) is 0.633. The Kier molecular flexibility index (Phi) is 6.16. The Morgan fingerprint density at radius 2 is 2.03 bits per heavy atom. The van der Waals surface area contributed by atoms with Gasteiger partial charge in [0.2, 0.25) is 5.91 Å². The number of H-pyrrole nitrogens is 1. The van der Waals surface area contributed by atoms with Crippen LogP contribution in [0.1, 0.15) is 35.0 Å². The van der Waals surface area contributed by atoms with Crippen LogP contribution in [0.25, 0.3) is 10.9 Å². The van der Waals surface area contributed by atoms with Crippen LogP contribution in [0.4, 0.5) is 13.2 Å². The van der Waals surface area contributed by atoms with Gasteiger partial charge in [-0.2, -0.15) is 13.2 Å². The van der Waals surface area contributed by atoms with Crippen molar-refractivity contribution in [2.45, 2.75) is 32.5 Å². The van der Waals surface area contributed by atoms with Gasteiger partial charge in [0.15, 0.2) is 5.78 Å². The Bertz CT molecular complexity index is 984.